The summed E-state index contributed by atoms with van der Waals surface area (Å²) in [6.07, 6.45) is 3.91. The highest BCUT2D eigenvalue weighted by atomic mass is 16.5. The number of carboxylic acids is 1. The van der Waals surface area contributed by atoms with Crippen LogP contribution < -0.4 is 9.47 Å². The molecule has 5 nitrogen and oxygen atoms in total. The topological polar surface area (TPSA) is 72.8 Å². The largest absolute Gasteiger partial charge is 0.490 e. The number of hydrogen-bond acceptors (Lipinski definition) is 4. The molecule has 122 valence electrons. The van der Waals surface area contributed by atoms with Gasteiger partial charge in [0.15, 0.2) is 17.3 Å². The fourth-order valence-corrected chi connectivity index (χ4v) is 2.32. The maximum atomic E-state index is 12.3. The van der Waals surface area contributed by atoms with Gasteiger partial charge in [0.05, 0.1) is 18.8 Å². The van der Waals surface area contributed by atoms with E-state index in [1.54, 1.807) is 36.4 Å². The van der Waals surface area contributed by atoms with Gasteiger partial charge in [-0.15, -0.1) is 0 Å². The molecule has 0 saturated heterocycles. The van der Waals surface area contributed by atoms with E-state index in [1.807, 2.05) is 0 Å². The van der Waals surface area contributed by atoms with E-state index >= 15 is 0 Å². The fourth-order valence-electron chi connectivity index (χ4n) is 2.32. The van der Waals surface area contributed by atoms with Crippen molar-refractivity contribution in [2.24, 2.45) is 0 Å². The Labute approximate surface area is 139 Å². The van der Waals surface area contributed by atoms with Crippen LogP contribution in [0.4, 0.5) is 0 Å². The lowest BCUT2D eigenvalue weighted by Crippen LogP contribution is -1.98. The Balaban J connectivity index is 1.74. The Kier molecular flexibility index (Phi) is 4.61. The second-order valence-corrected chi connectivity index (χ2v) is 5.34. The van der Waals surface area contributed by atoms with Gasteiger partial charge in [-0.2, -0.15) is 0 Å². The zero-order valence-corrected chi connectivity index (χ0v) is 12.9. The number of carboxylic acid groups (broad SMARTS) is 1. The molecule has 0 radical (unpaired) electrons. The molecule has 5 heteroatoms. The molecule has 0 spiro atoms. The highest BCUT2D eigenvalue weighted by Gasteiger charge is 2.12. The minimum absolute atomic E-state index is 0.159. The number of ketones is 1. The van der Waals surface area contributed by atoms with E-state index in [0.717, 1.165) is 12.0 Å². The predicted molar refractivity (Wildman–Crippen MR) is 88.8 cm³/mol. The summed E-state index contributed by atoms with van der Waals surface area (Å²) in [7, 11) is 0. The third kappa shape index (κ3) is 3.63. The highest BCUT2D eigenvalue weighted by molar-refractivity contribution is 6.07. The molecule has 1 N–H and O–H groups in total. The molecule has 0 atom stereocenters. The van der Waals surface area contributed by atoms with E-state index in [0.29, 0.717) is 30.3 Å². The summed E-state index contributed by atoms with van der Waals surface area (Å²) < 4.78 is 11.1. The number of aromatic carboxylic acids is 1. The average Bonchev–Trinajstić information content (AvgIpc) is 2.84. The number of benzene rings is 2. The zero-order valence-electron chi connectivity index (χ0n) is 12.9. The zero-order chi connectivity index (χ0) is 16.9. The number of carbonyl (C=O) groups is 2. The molecule has 0 bridgehead atoms. The van der Waals surface area contributed by atoms with Gasteiger partial charge in [0.1, 0.15) is 0 Å². The SMILES string of the molecule is O=C(O)c1ccc(/C=C/C(=O)c2ccc3c(c2)OCCCO3)cc1. The van der Waals surface area contributed by atoms with E-state index in [2.05, 4.69) is 0 Å². The Bertz CT molecular complexity index is 790. The van der Waals surface area contributed by atoms with Crippen LogP contribution in [0.25, 0.3) is 6.08 Å². The molecule has 2 aromatic carbocycles. The van der Waals surface area contributed by atoms with Crippen molar-refractivity contribution in [3.63, 3.8) is 0 Å². The first-order valence-electron chi connectivity index (χ1n) is 7.59. The predicted octanol–water partition coefficient (Wildman–Crippen LogP) is 3.44. The molecule has 24 heavy (non-hydrogen) atoms. The summed E-state index contributed by atoms with van der Waals surface area (Å²) in [4.78, 5) is 23.1. The standard InChI is InChI=1S/C19H16O5/c20-16(8-4-13-2-5-14(6-3-13)19(21)22)15-7-9-17-18(12-15)24-11-1-10-23-17/h2-9,12H,1,10-11H2,(H,21,22)/b8-4+. The van der Waals surface area contributed by atoms with Gasteiger partial charge in [0.2, 0.25) is 0 Å². The van der Waals surface area contributed by atoms with Crippen LogP contribution in [0.1, 0.15) is 32.7 Å². The molecule has 1 heterocycles. The molecule has 0 aliphatic carbocycles. The van der Waals surface area contributed by atoms with Crippen LogP contribution >= 0.6 is 0 Å². The first kappa shape index (κ1) is 15.8. The Hall–Kier alpha value is -3.08. The van der Waals surface area contributed by atoms with Gasteiger partial charge in [-0.25, -0.2) is 4.79 Å². The summed E-state index contributed by atoms with van der Waals surface area (Å²) >= 11 is 0. The van der Waals surface area contributed by atoms with Crippen molar-refractivity contribution in [3.05, 3.63) is 65.2 Å². The van der Waals surface area contributed by atoms with Crippen LogP contribution in [0.15, 0.2) is 48.5 Å². The highest BCUT2D eigenvalue weighted by Crippen LogP contribution is 2.30. The molecule has 3 rings (SSSR count). The fraction of sp³-hybridized carbons (Fsp3) is 0.158. The van der Waals surface area contributed by atoms with Crippen molar-refractivity contribution >= 4 is 17.8 Å². The van der Waals surface area contributed by atoms with E-state index in [9.17, 15) is 9.59 Å². The van der Waals surface area contributed by atoms with E-state index < -0.39 is 5.97 Å². The lowest BCUT2D eigenvalue weighted by molar-refractivity contribution is 0.0696. The quantitative estimate of drug-likeness (QED) is 0.689. The molecule has 0 fully saturated rings. The summed E-state index contributed by atoms with van der Waals surface area (Å²) in [5.41, 5.74) is 1.47. The van der Waals surface area contributed by atoms with Crippen molar-refractivity contribution < 1.29 is 24.2 Å². The van der Waals surface area contributed by atoms with Crippen LogP contribution in [0.3, 0.4) is 0 Å². The summed E-state index contributed by atoms with van der Waals surface area (Å²) in [6.45, 7) is 1.17. The van der Waals surface area contributed by atoms with Crippen LogP contribution in [0.2, 0.25) is 0 Å². The Morgan fingerprint density at radius 2 is 1.58 bits per heavy atom. The summed E-state index contributed by atoms with van der Waals surface area (Å²) in [5, 5.41) is 8.87. The van der Waals surface area contributed by atoms with Gasteiger partial charge in [-0.05, 0) is 42.0 Å². The van der Waals surface area contributed by atoms with Crippen molar-refractivity contribution in [1.82, 2.24) is 0 Å². The second-order valence-electron chi connectivity index (χ2n) is 5.34. The molecular weight excluding hydrogens is 308 g/mol. The summed E-state index contributed by atoms with van der Waals surface area (Å²) in [5.74, 6) is 0.0941. The molecule has 0 amide bonds. The Morgan fingerprint density at radius 1 is 0.917 bits per heavy atom. The summed E-state index contributed by atoms with van der Waals surface area (Å²) in [6, 6.07) is 11.4. The van der Waals surface area contributed by atoms with Crippen LogP contribution in [0.5, 0.6) is 11.5 Å². The van der Waals surface area contributed by atoms with Crippen LogP contribution in [-0.4, -0.2) is 30.1 Å². The number of fused-ring (bicyclic) bond motifs is 1. The molecule has 1 aliphatic rings. The normalized spacial score (nSPS) is 13.5. The first-order valence-corrected chi connectivity index (χ1v) is 7.59. The van der Waals surface area contributed by atoms with Gasteiger partial charge in [-0.3, -0.25) is 4.79 Å². The lowest BCUT2D eigenvalue weighted by Gasteiger charge is -2.07. The maximum absolute atomic E-state index is 12.3. The minimum atomic E-state index is -0.978. The molecule has 2 aromatic rings. The van der Waals surface area contributed by atoms with E-state index in [4.69, 9.17) is 14.6 Å². The van der Waals surface area contributed by atoms with Crippen molar-refractivity contribution in [2.75, 3.05) is 13.2 Å². The van der Waals surface area contributed by atoms with Gasteiger partial charge < -0.3 is 14.6 Å². The molecule has 0 unspecified atom stereocenters. The van der Waals surface area contributed by atoms with Gasteiger partial charge in [-0.1, -0.05) is 18.2 Å². The second kappa shape index (κ2) is 7.00. The number of ether oxygens (including phenoxy) is 2. The van der Waals surface area contributed by atoms with Crippen LogP contribution in [0, 0.1) is 0 Å². The van der Waals surface area contributed by atoms with Crippen molar-refractivity contribution in [3.8, 4) is 11.5 Å². The molecular formula is C19H16O5. The minimum Gasteiger partial charge on any atom is -0.490 e. The van der Waals surface area contributed by atoms with Gasteiger partial charge in [0.25, 0.3) is 0 Å². The smallest absolute Gasteiger partial charge is 0.335 e. The van der Waals surface area contributed by atoms with E-state index in [1.165, 1.54) is 18.2 Å². The third-order valence-electron chi connectivity index (χ3n) is 3.62. The number of carbonyl (C=O) groups excluding carboxylic acids is 1. The number of allylic oxidation sites excluding steroid dienone is 1. The molecule has 1 aliphatic heterocycles. The molecule has 0 aromatic heterocycles. The van der Waals surface area contributed by atoms with E-state index in [-0.39, 0.29) is 11.3 Å². The van der Waals surface area contributed by atoms with Crippen molar-refractivity contribution in [2.45, 2.75) is 6.42 Å². The monoisotopic (exact) mass is 324 g/mol. The third-order valence-corrected chi connectivity index (χ3v) is 3.62. The van der Waals surface area contributed by atoms with Gasteiger partial charge in [0, 0.05) is 12.0 Å². The number of rotatable bonds is 4. The van der Waals surface area contributed by atoms with Gasteiger partial charge >= 0.3 is 5.97 Å². The number of hydrogen-bond donors (Lipinski definition) is 1. The average molecular weight is 324 g/mol. The van der Waals surface area contributed by atoms with Crippen LogP contribution in [-0.2, 0) is 0 Å². The van der Waals surface area contributed by atoms with Crippen molar-refractivity contribution in [1.29, 1.82) is 0 Å². The Morgan fingerprint density at radius 3 is 2.29 bits per heavy atom. The molecule has 0 saturated carbocycles. The lowest BCUT2D eigenvalue weighted by atomic mass is 10.1. The maximum Gasteiger partial charge on any atom is 0.335 e. The first-order chi connectivity index (χ1) is 11.6.